The van der Waals surface area contributed by atoms with Crippen LogP contribution in [0.3, 0.4) is 0 Å². The Labute approximate surface area is 409 Å². The minimum atomic E-state index is -0.800. The van der Waals surface area contributed by atoms with E-state index in [1.165, 1.54) is 154 Å². The summed E-state index contributed by atoms with van der Waals surface area (Å²) >= 11 is 0. The van der Waals surface area contributed by atoms with E-state index in [0.717, 1.165) is 83.5 Å². The number of aliphatic hydroxyl groups excluding tert-OH is 2. The van der Waals surface area contributed by atoms with Gasteiger partial charge in [-0.3, -0.25) is 9.59 Å². The van der Waals surface area contributed by atoms with Gasteiger partial charge in [0.1, 0.15) is 6.10 Å². The molecule has 0 heterocycles. The fourth-order valence-electron chi connectivity index (χ4n) is 8.53. The Balaban J connectivity index is 4.51. The molecule has 6 heteroatoms. The molecule has 0 aromatic carbocycles. The number of esters is 1. The number of hydrogen-bond donors (Lipinski definition) is 3. The SMILES string of the molecule is CC/C=C/C/C=C/C/C=C/CCCCC(CC(=O)NC(CO)C(O)CCCCCCCCCCCCCCCCCC)OC(=O)CCCCCCCCCCC/C=C\C/C=C\CCCCC. The van der Waals surface area contributed by atoms with Crippen LogP contribution in [0.2, 0.25) is 0 Å². The summed E-state index contributed by atoms with van der Waals surface area (Å²) in [5.41, 5.74) is 0. The van der Waals surface area contributed by atoms with Crippen LogP contribution in [0.1, 0.15) is 284 Å². The van der Waals surface area contributed by atoms with Gasteiger partial charge >= 0.3 is 5.97 Å². The molecule has 3 unspecified atom stereocenters. The van der Waals surface area contributed by atoms with Crippen LogP contribution in [0.15, 0.2) is 60.8 Å². The standard InChI is InChI=1S/C60H109NO5/c1-4-7-10-13-16-19-22-25-27-29-30-31-33-35-38-41-44-47-50-53-60(65)66-56(51-48-45-42-39-36-24-21-18-15-12-9-6-3)54-59(64)61-57(55-62)58(63)52-49-46-43-40-37-34-32-28-26-23-20-17-14-11-8-5-2/h9,12,16,18-19,21,25,27,36,39,56-58,62-63H,4-8,10-11,13-15,17,20,22-24,26,28-35,37-38,40-55H2,1-3H3,(H,61,64)/b12-9+,19-16-,21-18+,27-25-,39-36+. The Morgan fingerprint density at radius 3 is 1.29 bits per heavy atom. The zero-order valence-electron chi connectivity index (χ0n) is 43.8. The first kappa shape index (κ1) is 63.6. The molecule has 0 rings (SSSR count). The minimum absolute atomic E-state index is 0.0495. The van der Waals surface area contributed by atoms with E-state index in [1.54, 1.807) is 0 Å². The topological polar surface area (TPSA) is 95.9 Å². The lowest BCUT2D eigenvalue weighted by atomic mass is 10.0. The fraction of sp³-hybridized carbons (Fsp3) is 0.800. The lowest BCUT2D eigenvalue weighted by molar-refractivity contribution is -0.151. The third-order valence-corrected chi connectivity index (χ3v) is 12.8. The number of ether oxygens (including phenoxy) is 1. The van der Waals surface area contributed by atoms with Gasteiger partial charge in [-0.2, -0.15) is 0 Å². The van der Waals surface area contributed by atoms with Gasteiger partial charge in [0, 0.05) is 6.42 Å². The Morgan fingerprint density at radius 2 is 0.818 bits per heavy atom. The Kier molecular flexibility index (Phi) is 51.5. The number of allylic oxidation sites excluding steroid dienone is 10. The maximum Gasteiger partial charge on any atom is 0.306 e. The zero-order chi connectivity index (χ0) is 48.1. The lowest BCUT2D eigenvalue weighted by Gasteiger charge is -2.24. The molecule has 0 saturated carbocycles. The zero-order valence-corrected chi connectivity index (χ0v) is 43.8. The maximum absolute atomic E-state index is 13.2. The van der Waals surface area contributed by atoms with Crippen LogP contribution in [0.4, 0.5) is 0 Å². The van der Waals surface area contributed by atoms with Crippen LogP contribution in [0.25, 0.3) is 0 Å². The van der Waals surface area contributed by atoms with Crippen molar-refractivity contribution in [1.82, 2.24) is 5.32 Å². The largest absolute Gasteiger partial charge is 0.462 e. The van der Waals surface area contributed by atoms with Crippen LogP contribution < -0.4 is 5.32 Å². The number of nitrogens with one attached hydrogen (secondary N) is 1. The third kappa shape index (κ3) is 48.0. The molecule has 0 aliphatic heterocycles. The van der Waals surface area contributed by atoms with Crippen molar-refractivity contribution in [3.05, 3.63) is 60.8 Å². The number of unbranched alkanes of at least 4 members (excludes halogenated alkanes) is 29. The molecule has 0 aromatic heterocycles. The Hall–Kier alpha value is -2.44. The second kappa shape index (κ2) is 53.5. The highest BCUT2D eigenvalue weighted by Gasteiger charge is 2.24. The molecule has 0 spiro atoms. The highest BCUT2D eigenvalue weighted by molar-refractivity contribution is 5.77. The molecular formula is C60H109NO5. The van der Waals surface area contributed by atoms with Gasteiger partial charge < -0.3 is 20.3 Å². The van der Waals surface area contributed by atoms with Gasteiger partial charge in [-0.25, -0.2) is 0 Å². The number of hydrogen-bond acceptors (Lipinski definition) is 5. The van der Waals surface area contributed by atoms with Gasteiger partial charge in [0.2, 0.25) is 5.91 Å². The fourth-order valence-corrected chi connectivity index (χ4v) is 8.53. The van der Waals surface area contributed by atoms with E-state index >= 15 is 0 Å². The first-order valence-electron chi connectivity index (χ1n) is 28.5. The van der Waals surface area contributed by atoms with E-state index in [0.29, 0.717) is 19.3 Å². The first-order valence-corrected chi connectivity index (χ1v) is 28.5. The van der Waals surface area contributed by atoms with Gasteiger partial charge in [0.15, 0.2) is 0 Å². The average molecular weight is 925 g/mol. The van der Waals surface area contributed by atoms with E-state index in [4.69, 9.17) is 4.74 Å². The van der Waals surface area contributed by atoms with Crippen molar-refractivity contribution >= 4 is 11.9 Å². The molecule has 0 radical (unpaired) electrons. The van der Waals surface area contributed by atoms with E-state index in [1.807, 2.05) is 0 Å². The number of amides is 1. The van der Waals surface area contributed by atoms with E-state index in [9.17, 15) is 19.8 Å². The van der Waals surface area contributed by atoms with Crippen LogP contribution in [-0.2, 0) is 14.3 Å². The van der Waals surface area contributed by atoms with Gasteiger partial charge in [-0.1, -0.05) is 242 Å². The van der Waals surface area contributed by atoms with Crippen molar-refractivity contribution in [3.8, 4) is 0 Å². The summed E-state index contributed by atoms with van der Waals surface area (Å²) in [6, 6.07) is -0.716. The molecule has 0 saturated heterocycles. The summed E-state index contributed by atoms with van der Waals surface area (Å²) in [6.07, 6.45) is 67.2. The Bertz CT molecular complexity index is 1170. The van der Waals surface area contributed by atoms with E-state index < -0.39 is 18.2 Å². The molecular weight excluding hydrogens is 815 g/mol. The monoisotopic (exact) mass is 924 g/mol. The van der Waals surface area contributed by atoms with E-state index in [-0.39, 0.29) is 24.9 Å². The second-order valence-electron chi connectivity index (χ2n) is 19.3. The maximum atomic E-state index is 13.2. The average Bonchev–Trinajstić information content (AvgIpc) is 3.31. The van der Waals surface area contributed by atoms with Crippen molar-refractivity contribution in [2.75, 3.05) is 6.61 Å². The molecule has 66 heavy (non-hydrogen) atoms. The first-order chi connectivity index (χ1) is 32.5. The lowest BCUT2D eigenvalue weighted by Crippen LogP contribution is -2.46. The summed E-state index contributed by atoms with van der Waals surface area (Å²) in [5.74, 6) is -0.511. The van der Waals surface area contributed by atoms with Gasteiger partial charge in [-0.05, 0) is 89.9 Å². The van der Waals surface area contributed by atoms with Crippen molar-refractivity contribution in [2.24, 2.45) is 0 Å². The molecule has 3 N–H and O–H groups in total. The summed E-state index contributed by atoms with van der Waals surface area (Å²) in [4.78, 5) is 26.2. The molecule has 6 nitrogen and oxygen atoms in total. The van der Waals surface area contributed by atoms with Gasteiger partial charge in [0.25, 0.3) is 0 Å². The van der Waals surface area contributed by atoms with E-state index in [2.05, 4.69) is 86.8 Å². The third-order valence-electron chi connectivity index (χ3n) is 12.8. The molecule has 0 aliphatic carbocycles. The van der Waals surface area contributed by atoms with Crippen LogP contribution in [-0.4, -0.2) is 46.9 Å². The van der Waals surface area contributed by atoms with Crippen LogP contribution in [0, 0.1) is 0 Å². The van der Waals surface area contributed by atoms with Crippen molar-refractivity contribution in [1.29, 1.82) is 0 Å². The molecule has 0 bridgehead atoms. The molecule has 3 atom stereocenters. The van der Waals surface area contributed by atoms with Gasteiger partial charge in [0.05, 0.1) is 25.2 Å². The molecule has 1 amide bonds. The smallest absolute Gasteiger partial charge is 0.306 e. The van der Waals surface area contributed by atoms with Crippen LogP contribution >= 0.6 is 0 Å². The van der Waals surface area contributed by atoms with Crippen LogP contribution in [0.5, 0.6) is 0 Å². The predicted molar refractivity (Wildman–Crippen MR) is 287 cm³/mol. The summed E-state index contributed by atoms with van der Waals surface area (Å²) in [6.45, 7) is 6.36. The highest BCUT2D eigenvalue weighted by atomic mass is 16.5. The quantitative estimate of drug-likeness (QED) is 0.0321. The molecule has 0 fully saturated rings. The van der Waals surface area contributed by atoms with Crippen molar-refractivity contribution < 1.29 is 24.5 Å². The number of carbonyl (C=O) groups is 2. The highest BCUT2D eigenvalue weighted by Crippen LogP contribution is 2.18. The summed E-state index contributed by atoms with van der Waals surface area (Å²) < 4.78 is 5.93. The molecule has 0 aromatic rings. The number of aliphatic hydroxyl groups is 2. The number of carbonyl (C=O) groups excluding carboxylic acids is 2. The number of rotatable bonds is 51. The molecule has 384 valence electrons. The second-order valence-corrected chi connectivity index (χ2v) is 19.3. The minimum Gasteiger partial charge on any atom is -0.462 e. The Morgan fingerprint density at radius 1 is 0.455 bits per heavy atom. The normalized spacial score (nSPS) is 13.6. The summed E-state index contributed by atoms with van der Waals surface area (Å²) in [7, 11) is 0. The molecule has 0 aliphatic rings. The predicted octanol–water partition coefficient (Wildman–Crippen LogP) is 17.6. The van der Waals surface area contributed by atoms with Crippen molar-refractivity contribution in [3.63, 3.8) is 0 Å². The van der Waals surface area contributed by atoms with Gasteiger partial charge in [-0.15, -0.1) is 0 Å². The van der Waals surface area contributed by atoms with Crippen molar-refractivity contribution in [2.45, 2.75) is 302 Å². The summed E-state index contributed by atoms with van der Waals surface area (Å²) in [5, 5.41) is 23.9.